The molecule has 0 atom stereocenters. The van der Waals surface area contributed by atoms with Crippen LogP contribution in [0.5, 0.6) is 5.75 Å². The van der Waals surface area contributed by atoms with E-state index in [0.29, 0.717) is 0 Å². The number of rotatable bonds is 0. The lowest BCUT2D eigenvalue weighted by Gasteiger charge is -2.11. The third-order valence-electron chi connectivity index (χ3n) is 1.64. The van der Waals surface area contributed by atoms with Gasteiger partial charge in [-0.3, -0.25) is 0 Å². The van der Waals surface area contributed by atoms with Gasteiger partial charge in [0.25, 0.3) is 0 Å². The molecule has 48 valence electrons. The van der Waals surface area contributed by atoms with Gasteiger partial charge in [-0.25, -0.2) is 0 Å². The molecular formula is C7H9NO. The Morgan fingerprint density at radius 2 is 2.44 bits per heavy atom. The van der Waals surface area contributed by atoms with E-state index in [1.165, 1.54) is 12.0 Å². The van der Waals surface area contributed by atoms with Crippen LogP contribution in [0, 0.1) is 0 Å². The predicted octanol–water partition coefficient (Wildman–Crippen LogP) is 1.34. The van der Waals surface area contributed by atoms with Crippen LogP contribution in [0.25, 0.3) is 0 Å². The molecule has 0 radical (unpaired) electrons. The summed E-state index contributed by atoms with van der Waals surface area (Å²) < 4.78 is 5.33. The Morgan fingerprint density at radius 3 is 3.33 bits per heavy atom. The van der Waals surface area contributed by atoms with Gasteiger partial charge < -0.3 is 9.72 Å². The largest absolute Gasteiger partial charge is 0.492 e. The van der Waals surface area contributed by atoms with Crippen molar-refractivity contribution in [1.82, 2.24) is 4.98 Å². The van der Waals surface area contributed by atoms with Crippen molar-refractivity contribution < 1.29 is 4.74 Å². The highest BCUT2D eigenvalue weighted by molar-refractivity contribution is 5.31. The van der Waals surface area contributed by atoms with Crippen molar-refractivity contribution in [2.75, 3.05) is 6.61 Å². The van der Waals surface area contributed by atoms with Gasteiger partial charge in [0.2, 0.25) is 0 Å². The number of aromatic nitrogens is 1. The molecule has 0 saturated heterocycles. The van der Waals surface area contributed by atoms with E-state index in [1.54, 1.807) is 0 Å². The molecule has 1 N–H and O–H groups in total. The first-order valence-corrected chi connectivity index (χ1v) is 3.25. The topological polar surface area (TPSA) is 25.0 Å². The van der Waals surface area contributed by atoms with E-state index in [0.717, 1.165) is 18.8 Å². The van der Waals surface area contributed by atoms with Crippen LogP contribution in [0.3, 0.4) is 0 Å². The number of H-pyrrole nitrogens is 1. The fourth-order valence-electron chi connectivity index (χ4n) is 1.16. The Labute approximate surface area is 53.8 Å². The Balaban J connectivity index is 2.39. The van der Waals surface area contributed by atoms with Crippen molar-refractivity contribution in [1.29, 1.82) is 0 Å². The molecule has 2 rings (SSSR count). The van der Waals surface area contributed by atoms with Crippen molar-refractivity contribution in [3.05, 3.63) is 18.0 Å². The highest BCUT2D eigenvalue weighted by Gasteiger charge is 2.08. The van der Waals surface area contributed by atoms with Gasteiger partial charge in [0, 0.05) is 18.0 Å². The Hall–Kier alpha value is -0.920. The molecule has 0 unspecified atom stereocenters. The summed E-state index contributed by atoms with van der Waals surface area (Å²) in [6.45, 7) is 0.880. The maximum Gasteiger partial charge on any atom is 0.139 e. The first kappa shape index (κ1) is 4.91. The molecule has 2 heterocycles. The van der Waals surface area contributed by atoms with Crippen LogP contribution in [0.1, 0.15) is 12.0 Å². The van der Waals surface area contributed by atoms with Crippen LogP contribution in [0.15, 0.2) is 12.4 Å². The molecule has 0 spiro atoms. The highest BCUT2D eigenvalue weighted by atomic mass is 16.5. The number of aryl methyl sites for hydroxylation is 1. The summed E-state index contributed by atoms with van der Waals surface area (Å²) in [5, 5.41) is 0. The molecule has 0 fully saturated rings. The minimum Gasteiger partial charge on any atom is -0.492 e. The minimum atomic E-state index is 0.880. The minimum absolute atomic E-state index is 0.880. The van der Waals surface area contributed by atoms with E-state index < -0.39 is 0 Å². The van der Waals surface area contributed by atoms with E-state index >= 15 is 0 Å². The highest BCUT2D eigenvalue weighted by Crippen LogP contribution is 2.22. The zero-order chi connectivity index (χ0) is 6.10. The molecule has 0 aliphatic carbocycles. The number of ether oxygens (including phenoxy) is 1. The van der Waals surface area contributed by atoms with E-state index in [4.69, 9.17) is 4.74 Å². The quantitative estimate of drug-likeness (QED) is 0.553. The molecule has 0 aromatic carbocycles. The van der Waals surface area contributed by atoms with Crippen molar-refractivity contribution in [2.24, 2.45) is 0 Å². The predicted molar refractivity (Wildman–Crippen MR) is 34.6 cm³/mol. The molecule has 0 bridgehead atoms. The summed E-state index contributed by atoms with van der Waals surface area (Å²) in [5.74, 6) is 1.04. The first-order valence-electron chi connectivity index (χ1n) is 3.25. The molecule has 1 aliphatic heterocycles. The fourth-order valence-corrected chi connectivity index (χ4v) is 1.16. The Morgan fingerprint density at radius 1 is 1.44 bits per heavy atom. The molecule has 1 aromatic rings. The van der Waals surface area contributed by atoms with E-state index in [2.05, 4.69) is 4.98 Å². The van der Waals surface area contributed by atoms with E-state index in [9.17, 15) is 0 Å². The van der Waals surface area contributed by atoms with Crippen LogP contribution in [0.2, 0.25) is 0 Å². The molecule has 1 aromatic heterocycles. The SMILES string of the molecule is c1[nH]cc2c1CCCO2. The molecule has 2 heteroatoms. The van der Waals surface area contributed by atoms with Gasteiger partial charge in [-0.1, -0.05) is 0 Å². The maximum absolute atomic E-state index is 5.33. The summed E-state index contributed by atoms with van der Waals surface area (Å²) >= 11 is 0. The van der Waals surface area contributed by atoms with Crippen LogP contribution in [-0.4, -0.2) is 11.6 Å². The van der Waals surface area contributed by atoms with Gasteiger partial charge in [-0.05, 0) is 12.8 Å². The van der Waals surface area contributed by atoms with Crippen molar-refractivity contribution >= 4 is 0 Å². The number of hydrogen-bond acceptors (Lipinski definition) is 1. The second-order valence-corrected chi connectivity index (χ2v) is 2.30. The number of hydrogen-bond donors (Lipinski definition) is 1. The average Bonchev–Trinajstić information content (AvgIpc) is 2.33. The van der Waals surface area contributed by atoms with Gasteiger partial charge >= 0.3 is 0 Å². The van der Waals surface area contributed by atoms with Crippen LogP contribution in [0.4, 0.5) is 0 Å². The first-order chi connectivity index (χ1) is 4.47. The number of aromatic amines is 1. The number of nitrogens with one attached hydrogen (secondary N) is 1. The van der Waals surface area contributed by atoms with Crippen LogP contribution in [-0.2, 0) is 6.42 Å². The third-order valence-corrected chi connectivity index (χ3v) is 1.64. The standard InChI is InChI=1S/C7H9NO/c1-2-6-4-8-5-7(6)9-3-1/h4-5,8H,1-3H2. The zero-order valence-corrected chi connectivity index (χ0v) is 5.18. The van der Waals surface area contributed by atoms with Crippen molar-refractivity contribution in [3.8, 4) is 5.75 Å². The molecule has 0 amide bonds. The van der Waals surface area contributed by atoms with Crippen LogP contribution >= 0.6 is 0 Å². The van der Waals surface area contributed by atoms with Gasteiger partial charge in [0.15, 0.2) is 0 Å². The average molecular weight is 123 g/mol. The third kappa shape index (κ3) is 0.707. The van der Waals surface area contributed by atoms with Crippen LogP contribution < -0.4 is 4.74 Å². The molecule has 9 heavy (non-hydrogen) atoms. The van der Waals surface area contributed by atoms with Gasteiger partial charge in [0.1, 0.15) is 5.75 Å². The lowest BCUT2D eigenvalue weighted by molar-refractivity contribution is 0.290. The lowest BCUT2D eigenvalue weighted by atomic mass is 10.1. The summed E-state index contributed by atoms with van der Waals surface area (Å²) in [4.78, 5) is 3.02. The van der Waals surface area contributed by atoms with Gasteiger partial charge in [0.05, 0.1) is 6.61 Å². The number of fused-ring (bicyclic) bond motifs is 1. The summed E-state index contributed by atoms with van der Waals surface area (Å²) in [6, 6.07) is 0. The zero-order valence-electron chi connectivity index (χ0n) is 5.18. The second kappa shape index (κ2) is 1.79. The van der Waals surface area contributed by atoms with Crippen molar-refractivity contribution in [3.63, 3.8) is 0 Å². The smallest absolute Gasteiger partial charge is 0.139 e. The molecular weight excluding hydrogens is 114 g/mol. The lowest BCUT2D eigenvalue weighted by Crippen LogP contribution is -2.05. The summed E-state index contributed by atoms with van der Waals surface area (Å²) in [6.07, 6.45) is 6.24. The molecule has 2 nitrogen and oxygen atoms in total. The molecule has 1 aliphatic rings. The normalized spacial score (nSPS) is 16.4. The van der Waals surface area contributed by atoms with Gasteiger partial charge in [-0.15, -0.1) is 0 Å². The monoisotopic (exact) mass is 123 g/mol. The van der Waals surface area contributed by atoms with Crippen molar-refractivity contribution in [2.45, 2.75) is 12.8 Å². The van der Waals surface area contributed by atoms with E-state index in [1.807, 2.05) is 12.4 Å². The molecule has 0 saturated carbocycles. The summed E-state index contributed by atoms with van der Waals surface area (Å²) in [7, 11) is 0. The van der Waals surface area contributed by atoms with E-state index in [-0.39, 0.29) is 0 Å². The maximum atomic E-state index is 5.33. The fraction of sp³-hybridized carbons (Fsp3) is 0.429. The van der Waals surface area contributed by atoms with Gasteiger partial charge in [-0.2, -0.15) is 0 Å². The second-order valence-electron chi connectivity index (χ2n) is 2.30. The Bertz CT molecular complexity index is 184. The Kier molecular flexibility index (Phi) is 0.979. The summed E-state index contributed by atoms with van der Waals surface area (Å²) in [5.41, 5.74) is 1.32.